The number of nitriles is 1. The van der Waals surface area contributed by atoms with E-state index in [9.17, 15) is 10.1 Å². The zero-order valence-corrected chi connectivity index (χ0v) is 17.6. The van der Waals surface area contributed by atoms with Crippen LogP contribution in [0.5, 0.6) is 5.75 Å². The van der Waals surface area contributed by atoms with Crippen molar-refractivity contribution in [3.8, 4) is 23.2 Å². The second kappa shape index (κ2) is 7.60. The quantitative estimate of drug-likeness (QED) is 0.471. The fourth-order valence-corrected chi connectivity index (χ4v) is 4.55. The Kier molecular flexibility index (Phi) is 4.75. The number of rotatable bonds is 4. The molecule has 0 aliphatic carbocycles. The highest BCUT2D eigenvalue weighted by Gasteiger charge is 2.25. The number of piperidine rings is 1. The summed E-state index contributed by atoms with van der Waals surface area (Å²) in [5.74, 6) is 1.68. The fourth-order valence-electron chi connectivity index (χ4n) is 4.55. The molecule has 1 aliphatic rings. The van der Waals surface area contributed by atoms with Gasteiger partial charge in [-0.05, 0) is 57.5 Å². The predicted octanol–water partition coefficient (Wildman–Crippen LogP) is 3.48. The van der Waals surface area contributed by atoms with E-state index in [4.69, 9.17) is 9.72 Å². The molecule has 4 aromatic rings. The molecule has 0 spiro atoms. The first kappa shape index (κ1) is 19.4. The van der Waals surface area contributed by atoms with Crippen molar-refractivity contribution < 1.29 is 4.74 Å². The summed E-state index contributed by atoms with van der Waals surface area (Å²) in [6.07, 6.45) is 5.33. The van der Waals surface area contributed by atoms with Gasteiger partial charge in [0.2, 0.25) is 0 Å². The smallest absolute Gasteiger partial charge is 0.261 e. The lowest BCUT2D eigenvalue weighted by Crippen LogP contribution is -2.29. The second-order valence-electron chi connectivity index (χ2n) is 8.07. The summed E-state index contributed by atoms with van der Waals surface area (Å²) >= 11 is 0. The molecule has 0 atom stereocenters. The molecule has 3 N–H and O–H groups in total. The highest BCUT2D eigenvalue weighted by molar-refractivity contribution is 5.97. The van der Waals surface area contributed by atoms with E-state index in [-0.39, 0.29) is 5.56 Å². The summed E-state index contributed by atoms with van der Waals surface area (Å²) in [5.41, 5.74) is 3.91. The van der Waals surface area contributed by atoms with Gasteiger partial charge in [-0.3, -0.25) is 4.79 Å². The molecule has 158 valence electrons. The Morgan fingerprint density at radius 2 is 2.06 bits per heavy atom. The number of pyridine rings is 1. The lowest BCUT2D eigenvalue weighted by molar-refractivity contribution is 0.251. The minimum atomic E-state index is -0.272. The Balaban J connectivity index is 1.68. The second-order valence-corrected chi connectivity index (χ2v) is 8.07. The fraction of sp³-hybridized carbons (Fsp3) is 0.348. The van der Waals surface area contributed by atoms with Crippen LogP contribution < -0.4 is 10.3 Å². The molecule has 1 aromatic carbocycles. The van der Waals surface area contributed by atoms with Crippen molar-refractivity contribution in [3.05, 3.63) is 46.0 Å². The number of hydrogen-bond acceptors (Lipinski definition) is 5. The van der Waals surface area contributed by atoms with Crippen LogP contribution in [0.2, 0.25) is 0 Å². The van der Waals surface area contributed by atoms with Gasteiger partial charge in [-0.15, -0.1) is 0 Å². The largest absolute Gasteiger partial charge is 0.491 e. The summed E-state index contributed by atoms with van der Waals surface area (Å²) < 4.78 is 6.09. The van der Waals surface area contributed by atoms with Crippen molar-refractivity contribution in [3.63, 3.8) is 0 Å². The maximum Gasteiger partial charge on any atom is 0.261 e. The maximum absolute atomic E-state index is 12.7. The molecule has 0 saturated carbocycles. The summed E-state index contributed by atoms with van der Waals surface area (Å²) in [6.45, 7) is 4.63. The highest BCUT2D eigenvalue weighted by Crippen LogP contribution is 2.39. The van der Waals surface area contributed by atoms with Gasteiger partial charge in [-0.25, -0.2) is 4.98 Å². The molecule has 0 amide bonds. The van der Waals surface area contributed by atoms with Gasteiger partial charge in [0.15, 0.2) is 5.75 Å². The average Bonchev–Trinajstić information content (AvgIpc) is 3.39. The molecule has 1 fully saturated rings. The van der Waals surface area contributed by atoms with Crippen LogP contribution in [0.4, 0.5) is 0 Å². The SMILES string of the molecule is CCOc1c(C2CCN(C)CC2)ccc2[nH]c(-c3c(=O)[nH]cc4c(C#N)c[nH]c34)nc12. The maximum atomic E-state index is 12.7. The van der Waals surface area contributed by atoms with Gasteiger partial charge in [-0.2, -0.15) is 5.26 Å². The van der Waals surface area contributed by atoms with Crippen LogP contribution in [0.1, 0.15) is 36.8 Å². The van der Waals surface area contributed by atoms with Crippen LogP contribution in [0.25, 0.3) is 33.3 Å². The number of aromatic nitrogens is 4. The average molecular weight is 416 g/mol. The Morgan fingerprint density at radius 1 is 1.26 bits per heavy atom. The van der Waals surface area contributed by atoms with Crippen molar-refractivity contribution in [1.82, 2.24) is 24.8 Å². The Morgan fingerprint density at radius 3 is 2.81 bits per heavy atom. The predicted molar refractivity (Wildman–Crippen MR) is 119 cm³/mol. The lowest BCUT2D eigenvalue weighted by Gasteiger charge is -2.30. The van der Waals surface area contributed by atoms with Crippen LogP contribution in [-0.2, 0) is 0 Å². The van der Waals surface area contributed by atoms with E-state index in [1.54, 1.807) is 12.4 Å². The number of fused-ring (bicyclic) bond motifs is 2. The topological polar surface area (TPSA) is 114 Å². The molecule has 0 bridgehead atoms. The summed E-state index contributed by atoms with van der Waals surface area (Å²) in [4.78, 5) is 28.9. The number of likely N-dealkylation sites (tertiary alicyclic amines) is 1. The van der Waals surface area contributed by atoms with E-state index in [0.29, 0.717) is 40.4 Å². The van der Waals surface area contributed by atoms with Gasteiger partial charge >= 0.3 is 0 Å². The van der Waals surface area contributed by atoms with E-state index in [1.165, 1.54) is 5.56 Å². The highest BCUT2D eigenvalue weighted by atomic mass is 16.5. The summed E-state index contributed by atoms with van der Waals surface area (Å²) in [5, 5.41) is 9.99. The van der Waals surface area contributed by atoms with Crippen molar-refractivity contribution in [2.75, 3.05) is 26.7 Å². The van der Waals surface area contributed by atoms with Gasteiger partial charge in [-0.1, -0.05) is 6.07 Å². The first-order chi connectivity index (χ1) is 15.1. The Hall–Kier alpha value is -3.57. The van der Waals surface area contributed by atoms with E-state index in [0.717, 1.165) is 42.7 Å². The molecule has 5 rings (SSSR count). The van der Waals surface area contributed by atoms with Crippen molar-refractivity contribution >= 4 is 21.9 Å². The van der Waals surface area contributed by atoms with Gasteiger partial charge < -0.3 is 24.6 Å². The van der Waals surface area contributed by atoms with Crippen molar-refractivity contribution in [2.24, 2.45) is 0 Å². The van der Waals surface area contributed by atoms with Crippen LogP contribution in [0.3, 0.4) is 0 Å². The molecule has 1 saturated heterocycles. The lowest BCUT2D eigenvalue weighted by atomic mass is 9.88. The normalized spacial score (nSPS) is 15.5. The van der Waals surface area contributed by atoms with Gasteiger partial charge in [0, 0.05) is 17.8 Å². The molecule has 8 heteroatoms. The number of hydrogen-bond donors (Lipinski definition) is 3. The zero-order chi connectivity index (χ0) is 21.5. The summed E-state index contributed by atoms with van der Waals surface area (Å²) in [7, 11) is 2.15. The van der Waals surface area contributed by atoms with Crippen LogP contribution in [-0.4, -0.2) is 51.6 Å². The van der Waals surface area contributed by atoms with Gasteiger partial charge in [0.1, 0.15) is 23.0 Å². The minimum Gasteiger partial charge on any atom is -0.491 e. The Bertz CT molecular complexity index is 1360. The monoisotopic (exact) mass is 416 g/mol. The van der Waals surface area contributed by atoms with Crippen molar-refractivity contribution in [2.45, 2.75) is 25.7 Å². The Labute approximate surface area is 178 Å². The first-order valence-electron chi connectivity index (χ1n) is 10.6. The van der Waals surface area contributed by atoms with Crippen LogP contribution in [0.15, 0.2) is 29.3 Å². The van der Waals surface area contributed by atoms with E-state index in [1.807, 2.05) is 13.0 Å². The van der Waals surface area contributed by atoms with E-state index >= 15 is 0 Å². The van der Waals surface area contributed by atoms with Gasteiger partial charge in [0.25, 0.3) is 5.56 Å². The van der Waals surface area contributed by atoms with Gasteiger partial charge in [0.05, 0.1) is 23.2 Å². The molecule has 1 aliphatic heterocycles. The molecule has 8 nitrogen and oxygen atoms in total. The third kappa shape index (κ3) is 3.18. The number of nitrogens with zero attached hydrogens (tertiary/aromatic N) is 3. The standard InChI is InChI=1S/C23H24N6O2/c1-3-31-21-15(13-6-8-29(2)9-7-13)4-5-17-20(21)28-22(27-17)18-19-16(12-26-23(18)30)14(10-24)11-25-19/h4-5,11-13,25H,3,6-9H2,1-2H3,(H,26,30)(H,27,28). The number of benzene rings is 1. The molecular weight excluding hydrogens is 392 g/mol. The number of aromatic amines is 3. The summed E-state index contributed by atoms with van der Waals surface area (Å²) in [6, 6.07) is 6.28. The third-order valence-corrected chi connectivity index (χ3v) is 6.19. The number of nitrogens with one attached hydrogen (secondary N) is 3. The first-order valence-corrected chi connectivity index (χ1v) is 10.6. The zero-order valence-electron chi connectivity index (χ0n) is 17.6. The number of ether oxygens (including phenoxy) is 1. The third-order valence-electron chi connectivity index (χ3n) is 6.19. The molecule has 3 aromatic heterocycles. The molecule has 0 radical (unpaired) electrons. The molecular formula is C23H24N6O2. The van der Waals surface area contributed by atoms with Crippen LogP contribution in [0, 0.1) is 11.3 Å². The molecule has 4 heterocycles. The number of imidazole rings is 1. The molecule has 31 heavy (non-hydrogen) atoms. The van der Waals surface area contributed by atoms with Crippen LogP contribution >= 0.6 is 0 Å². The minimum absolute atomic E-state index is 0.272. The number of H-pyrrole nitrogens is 3. The van der Waals surface area contributed by atoms with E-state index in [2.05, 4.69) is 39.0 Å². The van der Waals surface area contributed by atoms with E-state index < -0.39 is 0 Å². The van der Waals surface area contributed by atoms with Crippen molar-refractivity contribution in [1.29, 1.82) is 5.26 Å². The molecule has 0 unspecified atom stereocenters.